The maximum Gasteiger partial charge on any atom is 0.319 e. The lowest BCUT2D eigenvalue weighted by atomic mass is 10.2. The summed E-state index contributed by atoms with van der Waals surface area (Å²) in [6, 6.07) is 7.54. The first-order valence-corrected chi connectivity index (χ1v) is 7.50. The van der Waals surface area contributed by atoms with Crippen LogP contribution >= 0.6 is 22.9 Å². The molecule has 2 aromatic rings. The highest BCUT2D eigenvalue weighted by Gasteiger charge is 2.13. The molecule has 7 heteroatoms. The maximum atomic E-state index is 11.5. The predicted octanol–water partition coefficient (Wildman–Crippen LogP) is 2.55. The molecule has 5 nitrogen and oxygen atoms in total. The van der Waals surface area contributed by atoms with Crippen molar-refractivity contribution in [3.05, 3.63) is 45.9 Å². The van der Waals surface area contributed by atoms with Crippen LogP contribution in [0.3, 0.4) is 0 Å². The number of nitrogen functional groups attached to an aromatic ring is 1. The number of carbonyl (C=O) groups is 1. The Kier molecular flexibility index (Phi) is 5.55. The lowest BCUT2D eigenvalue weighted by Crippen LogP contribution is -2.29. The van der Waals surface area contributed by atoms with E-state index in [-0.39, 0.29) is 12.5 Å². The number of halogens is 1. The lowest BCUT2D eigenvalue weighted by Gasteiger charge is -2.20. The molecule has 0 spiro atoms. The standard InChI is InChI=1S/C14H16ClN3O2S/c1-20-13(19)9-18(8-12-6-17-14(16)21-12)7-10-2-4-11(15)5-3-10/h2-6H,7-9H2,1H3,(H2,16,17). The van der Waals surface area contributed by atoms with Gasteiger partial charge in [-0.25, -0.2) is 4.98 Å². The number of benzene rings is 1. The highest BCUT2D eigenvalue weighted by atomic mass is 35.5. The Morgan fingerprint density at radius 1 is 1.38 bits per heavy atom. The fourth-order valence-electron chi connectivity index (χ4n) is 1.88. The average molecular weight is 326 g/mol. The van der Waals surface area contributed by atoms with Gasteiger partial charge in [-0.05, 0) is 17.7 Å². The highest BCUT2D eigenvalue weighted by molar-refractivity contribution is 7.15. The number of nitrogens with zero attached hydrogens (tertiary/aromatic N) is 2. The molecular weight excluding hydrogens is 310 g/mol. The number of methoxy groups -OCH3 is 1. The van der Waals surface area contributed by atoms with Crippen molar-refractivity contribution in [3.8, 4) is 0 Å². The Labute approximate surface area is 132 Å². The molecule has 1 heterocycles. The minimum Gasteiger partial charge on any atom is -0.468 e. The van der Waals surface area contributed by atoms with Crippen molar-refractivity contribution in [1.29, 1.82) is 0 Å². The van der Waals surface area contributed by atoms with Gasteiger partial charge >= 0.3 is 5.97 Å². The SMILES string of the molecule is COC(=O)CN(Cc1ccc(Cl)cc1)Cc1cnc(N)s1. The zero-order valence-electron chi connectivity index (χ0n) is 11.6. The number of hydrogen-bond acceptors (Lipinski definition) is 6. The van der Waals surface area contributed by atoms with E-state index in [0.29, 0.717) is 23.2 Å². The number of esters is 1. The van der Waals surface area contributed by atoms with Crippen LogP contribution in [0.1, 0.15) is 10.4 Å². The van der Waals surface area contributed by atoms with E-state index in [1.165, 1.54) is 18.4 Å². The van der Waals surface area contributed by atoms with Crippen molar-refractivity contribution in [2.45, 2.75) is 13.1 Å². The third-order valence-electron chi connectivity index (χ3n) is 2.85. The van der Waals surface area contributed by atoms with Gasteiger partial charge in [-0.3, -0.25) is 9.69 Å². The largest absolute Gasteiger partial charge is 0.468 e. The monoisotopic (exact) mass is 325 g/mol. The van der Waals surface area contributed by atoms with E-state index < -0.39 is 0 Å². The highest BCUT2D eigenvalue weighted by Crippen LogP contribution is 2.18. The molecule has 21 heavy (non-hydrogen) atoms. The fourth-order valence-corrected chi connectivity index (χ4v) is 2.73. The molecule has 112 valence electrons. The lowest BCUT2D eigenvalue weighted by molar-refractivity contribution is -0.142. The minimum atomic E-state index is -0.276. The van der Waals surface area contributed by atoms with Crippen molar-refractivity contribution in [1.82, 2.24) is 9.88 Å². The summed E-state index contributed by atoms with van der Waals surface area (Å²) in [5.41, 5.74) is 6.70. The van der Waals surface area contributed by atoms with Gasteiger partial charge in [0.2, 0.25) is 0 Å². The Morgan fingerprint density at radius 3 is 2.67 bits per heavy atom. The van der Waals surface area contributed by atoms with E-state index in [0.717, 1.165) is 10.4 Å². The number of rotatable bonds is 6. The first-order chi connectivity index (χ1) is 10.1. The van der Waals surface area contributed by atoms with E-state index >= 15 is 0 Å². The summed E-state index contributed by atoms with van der Waals surface area (Å²) in [5.74, 6) is -0.276. The summed E-state index contributed by atoms with van der Waals surface area (Å²) in [6.07, 6.45) is 1.73. The average Bonchev–Trinajstić information content (AvgIpc) is 2.86. The van der Waals surface area contributed by atoms with Crippen molar-refractivity contribution in [3.63, 3.8) is 0 Å². The normalized spacial score (nSPS) is 10.8. The van der Waals surface area contributed by atoms with Crippen molar-refractivity contribution >= 4 is 34.0 Å². The van der Waals surface area contributed by atoms with Gasteiger partial charge in [0, 0.05) is 29.2 Å². The fraction of sp³-hybridized carbons (Fsp3) is 0.286. The van der Waals surface area contributed by atoms with Crippen LogP contribution in [-0.2, 0) is 22.6 Å². The second-order valence-electron chi connectivity index (χ2n) is 4.51. The summed E-state index contributed by atoms with van der Waals surface area (Å²) in [4.78, 5) is 18.5. The van der Waals surface area contributed by atoms with Gasteiger partial charge < -0.3 is 10.5 Å². The van der Waals surface area contributed by atoms with Crippen LogP contribution in [0.15, 0.2) is 30.5 Å². The summed E-state index contributed by atoms with van der Waals surface area (Å²) >= 11 is 7.29. The van der Waals surface area contributed by atoms with Crippen LogP contribution in [0.4, 0.5) is 5.13 Å². The molecule has 0 saturated heterocycles. The number of anilines is 1. The summed E-state index contributed by atoms with van der Waals surface area (Å²) < 4.78 is 4.74. The van der Waals surface area contributed by atoms with E-state index in [9.17, 15) is 4.79 Å². The molecule has 0 aliphatic heterocycles. The molecule has 0 fully saturated rings. The Bertz CT molecular complexity index is 601. The van der Waals surface area contributed by atoms with Crippen LogP contribution in [-0.4, -0.2) is 29.5 Å². The third-order valence-corrected chi connectivity index (χ3v) is 3.91. The van der Waals surface area contributed by atoms with Gasteiger partial charge in [0.25, 0.3) is 0 Å². The summed E-state index contributed by atoms with van der Waals surface area (Å²) in [5, 5.41) is 1.21. The molecule has 2 rings (SSSR count). The van der Waals surface area contributed by atoms with Crippen LogP contribution < -0.4 is 5.73 Å². The number of nitrogens with two attached hydrogens (primary N) is 1. The van der Waals surface area contributed by atoms with Crippen LogP contribution in [0.5, 0.6) is 0 Å². The third kappa shape index (κ3) is 5.00. The molecule has 0 unspecified atom stereocenters. The molecule has 0 saturated carbocycles. The quantitative estimate of drug-likeness (QED) is 0.827. The second kappa shape index (κ2) is 7.40. The molecule has 0 aliphatic carbocycles. The number of aromatic nitrogens is 1. The minimum absolute atomic E-state index is 0.205. The van der Waals surface area contributed by atoms with Gasteiger partial charge in [0.15, 0.2) is 5.13 Å². The van der Waals surface area contributed by atoms with E-state index in [1.54, 1.807) is 6.20 Å². The first kappa shape index (κ1) is 15.8. The van der Waals surface area contributed by atoms with E-state index in [1.807, 2.05) is 29.2 Å². The Balaban J connectivity index is 2.07. The molecule has 1 aromatic heterocycles. The second-order valence-corrected chi connectivity index (χ2v) is 6.10. The number of hydrogen-bond donors (Lipinski definition) is 1. The molecule has 0 radical (unpaired) electrons. The Morgan fingerprint density at radius 2 is 2.10 bits per heavy atom. The molecule has 2 N–H and O–H groups in total. The molecule has 0 amide bonds. The predicted molar refractivity (Wildman–Crippen MR) is 84.1 cm³/mol. The number of carbonyl (C=O) groups excluding carboxylic acids is 1. The van der Waals surface area contributed by atoms with Crippen molar-refractivity contribution in [2.24, 2.45) is 0 Å². The topological polar surface area (TPSA) is 68.5 Å². The van der Waals surface area contributed by atoms with Crippen LogP contribution in [0, 0.1) is 0 Å². The first-order valence-electron chi connectivity index (χ1n) is 6.30. The number of thiazole rings is 1. The van der Waals surface area contributed by atoms with Gasteiger partial charge in [-0.2, -0.15) is 0 Å². The summed E-state index contributed by atoms with van der Waals surface area (Å²) in [7, 11) is 1.38. The van der Waals surface area contributed by atoms with Crippen molar-refractivity contribution < 1.29 is 9.53 Å². The molecule has 1 aromatic carbocycles. The number of ether oxygens (including phenoxy) is 1. The molecule has 0 aliphatic rings. The van der Waals surface area contributed by atoms with E-state index in [4.69, 9.17) is 22.1 Å². The smallest absolute Gasteiger partial charge is 0.319 e. The molecule has 0 bridgehead atoms. The Hall–Kier alpha value is -1.63. The van der Waals surface area contributed by atoms with Gasteiger partial charge in [-0.15, -0.1) is 11.3 Å². The zero-order chi connectivity index (χ0) is 15.2. The van der Waals surface area contributed by atoms with Gasteiger partial charge in [0.1, 0.15) is 0 Å². The maximum absolute atomic E-state index is 11.5. The van der Waals surface area contributed by atoms with Crippen LogP contribution in [0.25, 0.3) is 0 Å². The van der Waals surface area contributed by atoms with Gasteiger partial charge in [0.05, 0.1) is 13.7 Å². The van der Waals surface area contributed by atoms with Crippen LogP contribution in [0.2, 0.25) is 5.02 Å². The van der Waals surface area contributed by atoms with Gasteiger partial charge in [-0.1, -0.05) is 23.7 Å². The van der Waals surface area contributed by atoms with Crippen molar-refractivity contribution in [2.75, 3.05) is 19.4 Å². The van der Waals surface area contributed by atoms with E-state index in [2.05, 4.69) is 4.98 Å². The molecule has 0 atom stereocenters. The zero-order valence-corrected chi connectivity index (χ0v) is 13.2. The molecular formula is C14H16ClN3O2S. The summed E-state index contributed by atoms with van der Waals surface area (Å²) in [6.45, 7) is 1.41.